The maximum Gasteiger partial charge on any atom is 0.423 e. The second-order valence-corrected chi connectivity index (χ2v) is 4.45. The first-order valence-corrected chi connectivity index (χ1v) is 5.97. The maximum atomic E-state index is 13.0. The van der Waals surface area contributed by atoms with Gasteiger partial charge >= 0.3 is 18.0 Å². The SMILES string of the molecule is N[N+](=O)c1cnc(-c2ccccc2C(F)(F)F)cc1C(F)(F)F. The van der Waals surface area contributed by atoms with Crippen LogP contribution in [0.15, 0.2) is 36.5 Å². The molecular formula is C13H8F6N3O+. The highest BCUT2D eigenvalue weighted by Crippen LogP contribution is 2.40. The largest absolute Gasteiger partial charge is 0.423 e. The van der Waals surface area contributed by atoms with Crippen LogP contribution in [0.4, 0.5) is 32.0 Å². The van der Waals surface area contributed by atoms with Gasteiger partial charge < -0.3 is 0 Å². The lowest BCUT2D eigenvalue weighted by atomic mass is 10.0. The topological polar surface area (TPSA) is 59.0 Å². The number of hydrogen-bond acceptors (Lipinski definition) is 2. The first-order valence-electron chi connectivity index (χ1n) is 5.97. The molecule has 2 rings (SSSR count). The van der Waals surface area contributed by atoms with E-state index in [9.17, 15) is 31.2 Å². The molecule has 10 heteroatoms. The molecule has 0 bridgehead atoms. The fourth-order valence-corrected chi connectivity index (χ4v) is 1.95. The Morgan fingerprint density at radius 2 is 1.52 bits per heavy atom. The maximum absolute atomic E-state index is 13.0. The molecule has 1 aromatic carbocycles. The minimum atomic E-state index is -4.98. The third kappa shape index (κ3) is 3.41. The summed E-state index contributed by atoms with van der Waals surface area (Å²) in [4.78, 5) is 13.9. The number of alkyl halides is 6. The summed E-state index contributed by atoms with van der Waals surface area (Å²) in [6.45, 7) is 0. The molecule has 1 aromatic heterocycles. The fraction of sp³-hybridized carbons (Fsp3) is 0.154. The third-order valence-electron chi connectivity index (χ3n) is 2.93. The second-order valence-electron chi connectivity index (χ2n) is 4.45. The van der Waals surface area contributed by atoms with Gasteiger partial charge in [-0.1, -0.05) is 18.2 Å². The summed E-state index contributed by atoms with van der Waals surface area (Å²) >= 11 is 0. The molecule has 0 amide bonds. The van der Waals surface area contributed by atoms with Crippen molar-refractivity contribution < 1.29 is 31.2 Å². The molecule has 23 heavy (non-hydrogen) atoms. The first-order chi connectivity index (χ1) is 10.5. The zero-order chi connectivity index (χ0) is 17.4. The molecule has 0 saturated carbocycles. The van der Waals surface area contributed by atoms with Gasteiger partial charge in [-0.05, 0) is 12.1 Å². The lowest BCUT2D eigenvalue weighted by Gasteiger charge is -2.13. The van der Waals surface area contributed by atoms with E-state index in [4.69, 9.17) is 5.84 Å². The fourth-order valence-electron chi connectivity index (χ4n) is 1.95. The average Bonchev–Trinajstić information content (AvgIpc) is 2.44. The molecule has 122 valence electrons. The quantitative estimate of drug-likeness (QED) is 0.389. The Hall–Kier alpha value is -2.65. The van der Waals surface area contributed by atoms with Crippen LogP contribution < -0.4 is 5.84 Å². The van der Waals surface area contributed by atoms with Crippen LogP contribution in [0.5, 0.6) is 0 Å². The van der Waals surface area contributed by atoms with Crippen LogP contribution in [-0.2, 0) is 12.4 Å². The van der Waals surface area contributed by atoms with Gasteiger partial charge in [-0.15, -0.1) is 0 Å². The summed E-state index contributed by atoms with van der Waals surface area (Å²) in [6, 6.07) is 4.40. The normalized spacial score (nSPS) is 12.3. The first kappa shape index (κ1) is 16.7. The molecule has 0 aliphatic carbocycles. The molecule has 0 spiro atoms. The Bertz CT molecular complexity index is 754. The van der Waals surface area contributed by atoms with Crippen molar-refractivity contribution in [3.63, 3.8) is 0 Å². The van der Waals surface area contributed by atoms with Crippen molar-refractivity contribution in [3.8, 4) is 11.3 Å². The minimum Gasteiger partial charge on any atom is -0.249 e. The molecule has 0 aliphatic rings. The molecule has 1 heterocycles. The van der Waals surface area contributed by atoms with Crippen LogP contribution in [0.3, 0.4) is 0 Å². The number of pyridine rings is 1. The summed E-state index contributed by atoms with van der Waals surface area (Å²) in [6.07, 6.45) is -9.27. The van der Waals surface area contributed by atoms with Gasteiger partial charge in [-0.3, -0.25) is 0 Å². The third-order valence-corrected chi connectivity index (χ3v) is 2.93. The van der Waals surface area contributed by atoms with Crippen molar-refractivity contribution in [2.45, 2.75) is 12.4 Å². The summed E-state index contributed by atoms with van der Waals surface area (Å²) < 4.78 is 77.7. The van der Waals surface area contributed by atoms with Crippen LogP contribution in [0.1, 0.15) is 11.1 Å². The molecule has 2 aromatic rings. The number of aromatic nitrogens is 1. The van der Waals surface area contributed by atoms with E-state index in [2.05, 4.69) is 4.98 Å². The molecule has 0 aliphatic heterocycles. The molecule has 0 saturated heterocycles. The number of nitrogens with two attached hydrogens (primary N) is 1. The Morgan fingerprint density at radius 3 is 2.04 bits per heavy atom. The summed E-state index contributed by atoms with van der Waals surface area (Å²) in [5.41, 5.74) is -4.72. The van der Waals surface area contributed by atoms with Gasteiger partial charge in [0, 0.05) is 5.56 Å². The summed E-state index contributed by atoms with van der Waals surface area (Å²) in [5.74, 6) is 4.76. The van der Waals surface area contributed by atoms with Crippen molar-refractivity contribution >= 4 is 5.69 Å². The highest BCUT2D eigenvalue weighted by Gasteiger charge is 2.41. The van der Waals surface area contributed by atoms with Gasteiger partial charge in [0.05, 0.1) is 16.2 Å². The standard InChI is InChI=1S/C13H8F6N3O/c14-12(15,16)8-4-2-1-3-7(8)10-5-9(13(17,18)19)11(6-21-10)22(20)23/h1-6H,(H2,20,23)/q+1. The van der Waals surface area contributed by atoms with Crippen LogP contribution in [0, 0.1) is 4.91 Å². The number of nitrogens with zero attached hydrogens (tertiary/aromatic N) is 2. The zero-order valence-electron chi connectivity index (χ0n) is 11.1. The van der Waals surface area contributed by atoms with Crippen LogP contribution >= 0.6 is 0 Å². The summed E-state index contributed by atoms with van der Waals surface area (Å²) in [7, 11) is 0. The molecule has 0 fully saturated rings. The molecular weight excluding hydrogens is 328 g/mol. The van der Waals surface area contributed by atoms with Gasteiger partial charge in [0.1, 0.15) is 11.8 Å². The Labute approximate surface area is 125 Å². The van der Waals surface area contributed by atoms with Crippen molar-refractivity contribution in [1.29, 1.82) is 0 Å². The van der Waals surface area contributed by atoms with Crippen molar-refractivity contribution in [3.05, 3.63) is 52.6 Å². The molecule has 0 atom stereocenters. The van der Waals surface area contributed by atoms with Crippen LogP contribution in [-0.4, -0.2) is 9.85 Å². The van der Waals surface area contributed by atoms with Crippen molar-refractivity contribution in [1.82, 2.24) is 4.98 Å². The highest BCUT2D eigenvalue weighted by atomic mass is 19.4. The molecule has 2 N–H and O–H groups in total. The number of hydrogen-bond donors (Lipinski definition) is 1. The van der Waals surface area contributed by atoms with Crippen molar-refractivity contribution in [2.24, 2.45) is 5.84 Å². The Balaban J connectivity index is 2.70. The van der Waals surface area contributed by atoms with Crippen molar-refractivity contribution in [2.75, 3.05) is 0 Å². The van der Waals surface area contributed by atoms with E-state index in [0.717, 1.165) is 18.2 Å². The van der Waals surface area contributed by atoms with Gasteiger partial charge in [0.15, 0.2) is 4.87 Å². The van der Waals surface area contributed by atoms with Crippen LogP contribution in [0.2, 0.25) is 0 Å². The van der Waals surface area contributed by atoms with E-state index >= 15 is 0 Å². The number of benzene rings is 1. The second kappa shape index (κ2) is 5.52. The van der Waals surface area contributed by atoms with Gasteiger partial charge in [-0.2, -0.15) is 32.2 Å². The Morgan fingerprint density at radius 1 is 0.957 bits per heavy atom. The lowest BCUT2D eigenvalue weighted by molar-refractivity contribution is -0.477. The Kier molecular flexibility index (Phi) is 4.01. The van der Waals surface area contributed by atoms with Gasteiger partial charge in [0.2, 0.25) is 0 Å². The number of rotatable bonds is 2. The van der Waals surface area contributed by atoms with E-state index < -0.39 is 45.3 Å². The van der Waals surface area contributed by atoms with Gasteiger partial charge in [-0.25, -0.2) is 4.98 Å². The zero-order valence-corrected chi connectivity index (χ0v) is 11.1. The lowest BCUT2D eigenvalue weighted by Crippen LogP contribution is -2.17. The van der Waals surface area contributed by atoms with Crippen LogP contribution in [0.25, 0.3) is 11.3 Å². The monoisotopic (exact) mass is 336 g/mol. The smallest absolute Gasteiger partial charge is 0.249 e. The minimum absolute atomic E-state index is 0.359. The van der Waals surface area contributed by atoms with E-state index in [1.54, 1.807) is 0 Å². The predicted molar refractivity (Wildman–Crippen MR) is 67.2 cm³/mol. The highest BCUT2D eigenvalue weighted by molar-refractivity contribution is 5.66. The summed E-state index contributed by atoms with van der Waals surface area (Å²) in [5, 5.41) is 0. The van der Waals surface area contributed by atoms with E-state index in [0.29, 0.717) is 12.3 Å². The predicted octanol–water partition coefficient (Wildman–Crippen LogP) is 4.07. The molecule has 0 radical (unpaired) electrons. The van der Waals surface area contributed by atoms with E-state index in [-0.39, 0.29) is 0 Å². The molecule has 0 unspecified atom stereocenters. The average molecular weight is 336 g/mol. The number of halogens is 6. The number of nitroso groups, excluding NO2 is 1. The molecule has 4 nitrogen and oxygen atoms in total. The van der Waals surface area contributed by atoms with E-state index in [1.165, 1.54) is 6.07 Å². The number of hydrazine groups is 1. The van der Waals surface area contributed by atoms with Gasteiger partial charge in [0.25, 0.3) is 0 Å². The van der Waals surface area contributed by atoms with E-state index in [1.807, 2.05) is 0 Å².